The lowest BCUT2D eigenvalue weighted by atomic mass is 9.96. The number of aromatic nitrogens is 1. The van der Waals surface area contributed by atoms with Crippen LogP contribution in [0, 0.1) is 0 Å². The SMILES string of the molecule is C=C(/C(O)=C\NC=NC1CCCCC1)c1cccc(NCC/C=C(F)\C=C(\F)CC)n1.CC. The van der Waals surface area contributed by atoms with Crippen molar-refractivity contribution in [2.45, 2.75) is 71.8 Å². The molecule has 0 bridgehead atoms. The van der Waals surface area contributed by atoms with Crippen LogP contribution in [0.3, 0.4) is 0 Å². The van der Waals surface area contributed by atoms with Crippen molar-refractivity contribution in [1.29, 1.82) is 0 Å². The van der Waals surface area contributed by atoms with E-state index < -0.39 is 11.7 Å². The Balaban J connectivity index is 0.00000265. The Morgan fingerprint density at radius 2 is 1.97 bits per heavy atom. The van der Waals surface area contributed by atoms with Crippen molar-refractivity contribution in [3.8, 4) is 0 Å². The van der Waals surface area contributed by atoms with Gasteiger partial charge in [-0.2, -0.15) is 0 Å². The summed E-state index contributed by atoms with van der Waals surface area (Å²) in [5, 5.41) is 16.2. The Morgan fingerprint density at radius 1 is 1.24 bits per heavy atom. The van der Waals surface area contributed by atoms with Crippen LogP contribution < -0.4 is 10.6 Å². The molecule has 0 atom stereocenters. The summed E-state index contributed by atoms with van der Waals surface area (Å²) in [6.07, 6.45) is 11.7. The van der Waals surface area contributed by atoms with E-state index in [0.717, 1.165) is 18.9 Å². The maximum absolute atomic E-state index is 13.5. The lowest BCUT2D eigenvalue weighted by molar-refractivity contribution is 0.434. The van der Waals surface area contributed by atoms with Gasteiger partial charge in [0.25, 0.3) is 0 Å². The molecule has 0 unspecified atom stereocenters. The number of halogens is 2. The number of anilines is 1. The molecular weight excluding hydrogens is 422 g/mol. The highest BCUT2D eigenvalue weighted by Crippen LogP contribution is 2.20. The van der Waals surface area contributed by atoms with Crippen LogP contribution in [-0.4, -0.2) is 29.0 Å². The first-order chi connectivity index (χ1) is 16.0. The molecule has 182 valence electrons. The molecule has 0 spiro atoms. The molecule has 1 aromatic rings. The van der Waals surface area contributed by atoms with Crippen molar-refractivity contribution < 1.29 is 13.9 Å². The number of aliphatic hydroxyl groups excluding tert-OH is 1. The summed E-state index contributed by atoms with van der Waals surface area (Å²) in [6.45, 7) is 9.95. The fourth-order valence-corrected chi connectivity index (χ4v) is 3.14. The number of nitrogens with zero attached hydrogens (tertiary/aromatic N) is 2. The number of pyridine rings is 1. The normalized spacial score (nSPS) is 15.7. The van der Waals surface area contributed by atoms with Crippen molar-refractivity contribution in [3.05, 3.63) is 66.2 Å². The molecule has 0 aromatic carbocycles. The maximum atomic E-state index is 13.5. The molecular formula is C26H38F2N4O. The maximum Gasteiger partial charge on any atom is 0.140 e. The molecule has 7 heteroatoms. The van der Waals surface area contributed by atoms with Gasteiger partial charge in [-0.3, -0.25) is 4.99 Å². The molecule has 33 heavy (non-hydrogen) atoms. The van der Waals surface area contributed by atoms with Crippen molar-refractivity contribution in [2.75, 3.05) is 11.9 Å². The lowest BCUT2D eigenvalue weighted by Gasteiger charge is -2.16. The van der Waals surface area contributed by atoms with E-state index in [1.54, 1.807) is 31.5 Å². The standard InChI is InChI=1S/C24H32F2N4O.C2H6/c1-3-19(25)15-20(26)9-8-14-28-24-13-7-12-22(30-24)18(2)23(31)16-27-17-29-21-10-5-4-6-11-21;1-2/h7,9,12-13,15-17,21,31H,2-6,8,10-11,14H2,1H3,(H,27,29)(H,28,30);1-2H3/b19-15+,20-9+,23-16+;. The second-order valence-corrected chi connectivity index (χ2v) is 7.40. The smallest absolute Gasteiger partial charge is 0.140 e. The highest BCUT2D eigenvalue weighted by atomic mass is 19.1. The number of rotatable bonds is 11. The molecule has 1 fully saturated rings. The molecule has 0 amide bonds. The molecule has 1 heterocycles. The Hall–Kier alpha value is -2.96. The van der Waals surface area contributed by atoms with Gasteiger partial charge in [0.05, 0.1) is 18.1 Å². The number of nitrogens with one attached hydrogen (secondary N) is 2. The average molecular weight is 461 g/mol. The van der Waals surface area contributed by atoms with E-state index in [1.165, 1.54) is 31.5 Å². The van der Waals surface area contributed by atoms with Gasteiger partial charge in [0.15, 0.2) is 0 Å². The number of aliphatic hydroxyl groups is 1. The number of hydrogen-bond donors (Lipinski definition) is 3. The van der Waals surface area contributed by atoms with Gasteiger partial charge in [-0.05, 0) is 43.9 Å². The number of hydrogen-bond acceptors (Lipinski definition) is 4. The van der Waals surface area contributed by atoms with Crippen LogP contribution >= 0.6 is 0 Å². The van der Waals surface area contributed by atoms with Crippen molar-refractivity contribution >= 4 is 17.7 Å². The van der Waals surface area contributed by atoms with Gasteiger partial charge < -0.3 is 15.7 Å². The van der Waals surface area contributed by atoms with Gasteiger partial charge in [-0.1, -0.05) is 52.7 Å². The third-order valence-electron chi connectivity index (χ3n) is 4.94. The fraction of sp³-hybridized carbons (Fsp3) is 0.462. The summed E-state index contributed by atoms with van der Waals surface area (Å²) >= 11 is 0. The van der Waals surface area contributed by atoms with Gasteiger partial charge in [0.2, 0.25) is 0 Å². The third-order valence-corrected chi connectivity index (χ3v) is 4.94. The van der Waals surface area contributed by atoms with Crippen LogP contribution in [0.2, 0.25) is 0 Å². The minimum atomic E-state index is -0.592. The van der Waals surface area contributed by atoms with Crippen LogP contribution in [0.15, 0.2) is 65.5 Å². The zero-order chi connectivity index (χ0) is 24.5. The zero-order valence-electron chi connectivity index (χ0n) is 20.1. The first kappa shape index (κ1) is 28.1. The predicted molar refractivity (Wildman–Crippen MR) is 136 cm³/mol. The van der Waals surface area contributed by atoms with Gasteiger partial charge in [0.1, 0.15) is 23.2 Å². The molecule has 1 aromatic heterocycles. The molecule has 5 nitrogen and oxygen atoms in total. The zero-order valence-corrected chi connectivity index (χ0v) is 20.1. The topological polar surface area (TPSA) is 69.5 Å². The fourth-order valence-electron chi connectivity index (χ4n) is 3.14. The van der Waals surface area contributed by atoms with Crippen LogP contribution in [0.4, 0.5) is 14.6 Å². The first-order valence-corrected chi connectivity index (χ1v) is 11.8. The molecule has 3 N–H and O–H groups in total. The third kappa shape index (κ3) is 11.5. The minimum absolute atomic E-state index is 0.0329. The average Bonchev–Trinajstić information content (AvgIpc) is 2.85. The Labute approximate surface area is 197 Å². The molecule has 1 saturated carbocycles. The van der Waals surface area contributed by atoms with E-state index in [4.69, 9.17) is 0 Å². The summed E-state index contributed by atoms with van der Waals surface area (Å²) in [5.74, 6) is -0.542. The van der Waals surface area contributed by atoms with Gasteiger partial charge in [0, 0.05) is 24.4 Å². The van der Waals surface area contributed by atoms with Crippen molar-refractivity contribution in [2.24, 2.45) is 4.99 Å². The van der Waals surface area contributed by atoms with E-state index in [9.17, 15) is 13.9 Å². The molecule has 0 aliphatic heterocycles. The summed E-state index contributed by atoms with van der Waals surface area (Å²) in [6, 6.07) is 5.65. The van der Waals surface area contributed by atoms with Crippen molar-refractivity contribution in [3.63, 3.8) is 0 Å². The van der Waals surface area contributed by atoms with Crippen LogP contribution in [-0.2, 0) is 0 Å². The molecule has 1 aliphatic rings. The van der Waals surface area contributed by atoms with Crippen LogP contribution in [0.5, 0.6) is 0 Å². The monoisotopic (exact) mass is 460 g/mol. The van der Waals surface area contributed by atoms with E-state index in [1.807, 2.05) is 13.8 Å². The Bertz CT molecular complexity index is 840. The second-order valence-electron chi connectivity index (χ2n) is 7.40. The quantitative estimate of drug-likeness (QED) is 0.106. The summed E-state index contributed by atoms with van der Waals surface area (Å²) in [5.41, 5.74) is 0.882. The van der Waals surface area contributed by atoms with E-state index >= 15 is 0 Å². The molecule has 0 radical (unpaired) electrons. The molecule has 2 rings (SSSR count). The molecule has 1 aliphatic carbocycles. The van der Waals surface area contributed by atoms with E-state index in [2.05, 4.69) is 27.2 Å². The predicted octanol–water partition coefficient (Wildman–Crippen LogP) is 7.39. The molecule has 0 saturated heterocycles. The minimum Gasteiger partial charge on any atom is -0.506 e. The highest BCUT2D eigenvalue weighted by molar-refractivity contribution is 5.74. The lowest BCUT2D eigenvalue weighted by Crippen LogP contribution is -2.13. The summed E-state index contributed by atoms with van der Waals surface area (Å²) < 4.78 is 26.5. The van der Waals surface area contributed by atoms with Gasteiger partial charge in [-0.25, -0.2) is 13.8 Å². The Morgan fingerprint density at radius 3 is 2.67 bits per heavy atom. The second kappa shape index (κ2) is 16.6. The van der Waals surface area contributed by atoms with Crippen LogP contribution in [0.25, 0.3) is 5.57 Å². The first-order valence-electron chi connectivity index (χ1n) is 11.8. The number of allylic oxidation sites excluding steroid dienone is 4. The Kier molecular flexibility index (Phi) is 14.2. The van der Waals surface area contributed by atoms with E-state index in [-0.39, 0.29) is 12.2 Å². The number of aliphatic imine (C=N–C) groups is 1. The van der Waals surface area contributed by atoms with Crippen molar-refractivity contribution in [1.82, 2.24) is 10.3 Å². The van der Waals surface area contributed by atoms with Gasteiger partial charge in [-0.15, -0.1) is 0 Å². The highest BCUT2D eigenvalue weighted by Gasteiger charge is 2.10. The van der Waals surface area contributed by atoms with Gasteiger partial charge >= 0.3 is 0 Å². The van der Waals surface area contributed by atoms with Crippen LogP contribution in [0.1, 0.15) is 71.4 Å². The summed E-state index contributed by atoms with van der Waals surface area (Å²) in [7, 11) is 0. The van der Waals surface area contributed by atoms with E-state index in [0.29, 0.717) is 36.1 Å². The summed E-state index contributed by atoms with van der Waals surface area (Å²) in [4.78, 5) is 8.89. The largest absolute Gasteiger partial charge is 0.506 e.